The summed E-state index contributed by atoms with van der Waals surface area (Å²) < 4.78 is 22.2. The lowest BCUT2D eigenvalue weighted by Gasteiger charge is -2.47. The molecule has 1 aliphatic rings. The van der Waals surface area contributed by atoms with Crippen LogP contribution in [0.3, 0.4) is 0 Å². The molecule has 0 bridgehead atoms. The molecule has 3 aromatic rings. The van der Waals surface area contributed by atoms with E-state index in [1.54, 1.807) is 53.0 Å². The summed E-state index contributed by atoms with van der Waals surface area (Å²) in [6.07, 6.45) is 3.43. The van der Waals surface area contributed by atoms with Crippen LogP contribution in [0.15, 0.2) is 72.9 Å². The Labute approximate surface area is 183 Å². The van der Waals surface area contributed by atoms with Crippen molar-refractivity contribution in [2.24, 2.45) is 0 Å². The molecule has 3 N–H and O–H groups in total. The van der Waals surface area contributed by atoms with E-state index in [2.05, 4.69) is 22.1 Å². The number of nitrogens with one attached hydrogen (secondary N) is 1. The molecule has 2 aromatic carbocycles. The maximum Gasteiger partial charge on any atom is 0.255 e. The summed E-state index contributed by atoms with van der Waals surface area (Å²) >= 11 is 0. The lowest BCUT2D eigenvalue weighted by molar-refractivity contribution is 0.102. The molecule has 0 atom stereocenters. The highest BCUT2D eigenvalue weighted by Crippen LogP contribution is 2.49. The second-order valence-corrected chi connectivity index (χ2v) is 9.31. The van der Waals surface area contributed by atoms with Crippen molar-refractivity contribution >= 4 is 28.1 Å². The molecule has 1 aromatic heterocycles. The van der Waals surface area contributed by atoms with E-state index in [1.165, 1.54) is 0 Å². The predicted molar refractivity (Wildman–Crippen MR) is 125 cm³/mol. The highest BCUT2D eigenvalue weighted by molar-refractivity contribution is 8.25. The second-order valence-electron chi connectivity index (χ2n) is 7.19. The van der Waals surface area contributed by atoms with E-state index in [0.29, 0.717) is 29.2 Å². The third kappa shape index (κ3) is 5.25. The molecular weight excluding hydrogens is 410 g/mol. The molecule has 0 aliphatic carbocycles. The first-order valence-corrected chi connectivity index (χ1v) is 11.7. The average molecular weight is 434 g/mol. The fourth-order valence-electron chi connectivity index (χ4n) is 3.33. The Hall–Kier alpha value is -3.31. The van der Waals surface area contributed by atoms with Gasteiger partial charge in [-0.3, -0.25) is 18.2 Å². The molecule has 31 heavy (non-hydrogen) atoms. The molecule has 7 heteroatoms. The molecule has 1 saturated heterocycles. The summed E-state index contributed by atoms with van der Waals surface area (Å²) in [6, 6.07) is 19.8. The Morgan fingerprint density at radius 2 is 1.84 bits per heavy atom. The van der Waals surface area contributed by atoms with E-state index < -0.39 is 10.8 Å². The van der Waals surface area contributed by atoms with Gasteiger partial charge in [0.1, 0.15) is 5.69 Å². The van der Waals surface area contributed by atoms with Crippen LogP contribution in [0, 0.1) is 11.8 Å². The number of pyridine rings is 1. The molecule has 6 nitrogen and oxygen atoms in total. The summed E-state index contributed by atoms with van der Waals surface area (Å²) in [6.45, 7) is 0.611. The molecule has 0 unspecified atom stereocenters. The van der Waals surface area contributed by atoms with Gasteiger partial charge in [-0.05, 0) is 73.4 Å². The lowest BCUT2D eigenvalue weighted by atomic mass is 10.1. The summed E-state index contributed by atoms with van der Waals surface area (Å²) in [5.41, 5.74) is 3.27. The summed E-state index contributed by atoms with van der Waals surface area (Å²) in [4.78, 5) is 16.8. The number of amides is 1. The van der Waals surface area contributed by atoms with E-state index in [-0.39, 0.29) is 5.91 Å². The van der Waals surface area contributed by atoms with Crippen molar-refractivity contribution in [3.63, 3.8) is 0 Å². The number of rotatable bonds is 3. The highest BCUT2D eigenvalue weighted by Gasteiger charge is 2.26. The number of carbonyl (C=O) groups is 1. The fourth-order valence-corrected chi connectivity index (χ4v) is 5.02. The topological polar surface area (TPSA) is 85.7 Å². The smallest absolute Gasteiger partial charge is 0.255 e. The normalized spacial score (nSPS) is 16.0. The van der Waals surface area contributed by atoms with Gasteiger partial charge < -0.3 is 5.32 Å². The predicted octanol–water partition coefficient (Wildman–Crippen LogP) is 5.00. The van der Waals surface area contributed by atoms with Crippen molar-refractivity contribution in [1.29, 1.82) is 0 Å². The van der Waals surface area contributed by atoms with E-state index in [4.69, 9.17) is 0 Å². The third-order valence-corrected chi connectivity index (χ3v) is 6.86. The van der Waals surface area contributed by atoms with Gasteiger partial charge in [0.05, 0.1) is 11.4 Å². The van der Waals surface area contributed by atoms with Crippen LogP contribution in [0.2, 0.25) is 0 Å². The minimum Gasteiger partial charge on any atom is -0.322 e. The SMILES string of the molecule is O=C(Nc1ccc(N2CCCCS2(O)O)cc1)c1cccc(C#Cc2ccccn2)c1. The first-order valence-electron chi connectivity index (χ1n) is 9.99. The van der Waals surface area contributed by atoms with Crippen LogP contribution < -0.4 is 9.62 Å². The van der Waals surface area contributed by atoms with Crippen molar-refractivity contribution in [2.75, 3.05) is 21.9 Å². The Morgan fingerprint density at radius 3 is 2.58 bits per heavy atom. The van der Waals surface area contributed by atoms with Gasteiger partial charge in [-0.15, -0.1) is 10.8 Å². The zero-order valence-electron chi connectivity index (χ0n) is 16.9. The highest BCUT2D eigenvalue weighted by atomic mass is 32.3. The monoisotopic (exact) mass is 433 g/mol. The Bertz CT molecular complexity index is 1120. The molecule has 1 amide bonds. The molecule has 2 heterocycles. The maximum absolute atomic E-state index is 12.7. The summed E-state index contributed by atoms with van der Waals surface area (Å²) in [5, 5.41) is 2.87. The van der Waals surface area contributed by atoms with Crippen LogP contribution >= 0.6 is 10.8 Å². The van der Waals surface area contributed by atoms with Crippen molar-refractivity contribution in [1.82, 2.24) is 4.98 Å². The van der Waals surface area contributed by atoms with Gasteiger partial charge in [0.15, 0.2) is 0 Å². The molecule has 0 spiro atoms. The zero-order valence-corrected chi connectivity index (χ0v) is 17.7. The molecule has 0 radical (unpaired) electrons. The number of benzene rings is 2. The van der Waals surface area contributed by atoms with E-state index >= 15 is 0 Å². The first-order chi connectivity index (χ1) is 15.0. The largest absolute Gasteiger partial charge is 0.322 e. The first kappa shape index (κ1) is 20.9. The summed E-state index contributed by atoms with van der Waals surface area (Å²) in [5.74, 6) is 6.17. The molecule has 1 fully saturated rings. The quantitative estimate of drug-likeness (QED) is 0.506. The van der Waals surface area contributed by atoms with Gasteiger partial charge in [0.25, 0.3) is 5.91 Å². The molecule has 0 saturated carbocycles. The number of hydrogen-bond acceptors (Lipinski definition) is 5. The second kappa shape index (κ2) is 9.23. The lowest BCUT2D eigenvalue weighted by Crippen LogP contribution is -2.34. The summed E-state index contributed by atoms with van der Waals surface area (Å²) in [7, 11) is -2.76. The van der Waals surface area contributed by atoms with E-state index in [9.17, 15) is 13.9 Å². The number of anilines is 2. The van der Waals surface area contributed by atoms with Gasteiger partial charge in [-0.1, -0.05) is 18.1 Å². The van der Waals surface area contributed by atoms with Crippen molar-refractivity contribution < 1.29 is 13.9 Å². The standard InChI is InChI=1S/C24H23N3O3S/c28-24(20-7-5-6-19(18-20)9-10-21-8-1-2-15-25-21)26-22-11-13-23(14-12-22)27-16-3-4-17-31(27,29)30/h1-2,5-8,11-15,18,29-30H,3-4,16-17H2,(H,26,28). The van der Waals surface area contributed by atoms with E-state index in [1.807, 2.05) is 24.3 Å². The molecular formula is C24H23N3O3S. The number of aromatic nitrogens is 1. The molecule has 1 aliphatic heterocycles. The van der Waals surface area contributed by atoms with Crippen molar-refractivity contribution in [2.45, 2.75) is 12.8 Å². The fraction of sp³-hybridized carbons (Fsp3) is 0.167. The van der Waals surface area contributed by atoms with Crippen molar-refractivity contribution in [3.05, 3.63) is 89.7 Å². The van der Waals surface area contributed by atoms with Crippen LogP contribution in [-0.2, 0) is 0 Å². The van der Waals surface area contributed by atoms with E-state index in [0.717, 1.165) is 24.1 Å². The van der Waals surface area contributed by atoms with Crippen molar-refractivity contribution in [3.8, 4) is 11.8 Å². The van der Waals surface area contributed by atoms with Crippen LogP contribution in [0.1, 0.15) is 34.5 Å². The van der Waals surface area contributed by atoms with Crippen LogP contribution in [0.5, 0.6) is 0 Å². The van der Waals surface area contributed by atoms with Gasteiger partial charge in [-0.25, -0.2) is 4.98 Å². The van der Waals surface area contributed by atoms with Crippen LogP contribution in [-0.4, -0.2) is 32.3 Å². The van der Waals surface area contributed by atoms with Crippen LogP contribution in [0.4, 0.5) is 11.4 Å². The third-order valence-electron chi connectivity index (χ3n) is 4.92. The zero-order chi connectivity index (χ0) is 21.7. The van der Waals surface area contributed by atoms with Gasteiger partial charge in [0.2, 0.25) is 0 Å². The molecule has 4 rings (SSSR count). The Morgan fingerprint density at radius 1 is 1.00 bits per heavy atom. The Kier molecular flexibility index (Phi) is 6.23. The van der Waals surface area contributed by atoms with Crippen LogP contribution in [0.25, 0.3) is 0 Å². The minimum atomic E-state index is -2.76. The van der Waals surface area contributed by atoms with Gasteiger partial charge >= 0.3 is 0 Å². The number of hydrogen-bond donors (Lipinski definition) is 3. The Balaban J connectivity index is 1.44. The molecule has 158 valence electrons. The van der Waals surface area contributed by atoms with Gasteiger partial charge in [-0.2, -0.15) is 0 Å². The maximum atomic E-state index is 12.7. The van der Waals surface area contributed by atoms with Gasteiger partial charge in [0, 0.05) is 29.6 Å². The average Bonchev–Trinajstić information content (AvgIpc) is 2.79. The number of carbonyl (C=O) groups excluding carboxylic acids is 1. The minimum absolute atomic E-state index is 0.239. The number of nitrogens with zero attached hydrogens (tertiary/aromatic N) is 2.